The van der Waals surface area contributed by atoms with Gasteiger partial charge < -0.3 is 9.84 Å². The highest BCUT2D eigenvalue weighted by Crippen LogP contribution is 2.40. The predicted molar refractivity (Wildman–Crippen MR) is 53.7 cm³/mol. The molecule has 0 radical (unpaired) electrons. The molecule has 3 heteroatoms. The predicted octanol–water partition coefficient (Wildman–Crippen LogP) is 1.66. The van der Waals surface area contributed by atoms with Gasteiger partial charge in [-0.05, 0) is 32.1 Å². The lowest BCUT2D eigenvalue weighted by molar-refractivity contribution is -0.147. The first-order valence-electron chi connectivity index (χ1n) is 5.02. The van der Waals surface area contributed by atoms with E-state index in [-0.39, 0.29) is 5.97 Å². The van der Waals surface area contributed by atoms with Gasteiger partial charge in [0.25, 0.3) is 0 Å². The molecule has 1 saturated carbocycles. The third-order valence-electron chi connectivity index (χ3n) is 2.79. The average Bonchev–Trinajstić information content (AvgIpc) is 2.09. The molecule has 0 heterocycles. The van der Waals surface area contributed by atoms with Gasteiger partial charge in [-0.2, -0.15) is 0 Å². The van der Waals surface area contributed by atoms with E-state index in [2.05, 4.69) is 6.58 Å². The van der Waals surface area contributed by atoms with Crippen molar-refractivity contribution in [3.05, 3.63) is 12.2 Å². The summed E-state index contributed by atoms with van der Waals surface area (Å²) in [5.41, 5.74) is -0.0737. The number of hydrogen-bond acceptors (Lipinski definition) is 3. The third-order valence-corrected chi connectivity index (χ3v) is 2.79. The molecule has 0 atom stereocenters. The number of carbonyl (C=O) groups excluding carboxylic acids is 1. The Bertz CT molecular complexity index is 239. The Morgan fingerprint density at radius 3 is 2.64 bits per heavy atom. The smallest absolute Gasteiger partial charge is 0.333 e. The summed E-state index contributed by atoms with van der Waals surface area (Å²) in [5, 5.41) is 9.71. The second kappa shape index (κ2) is 4.13. The van der Waals surface area contributed by atoms with Crippen molar-refractivity contribution >= 4 is 5.97 Å². The van der Waals surface area contributed by atoms with Crippen LogP contribution in [0.2, 0.25) is 0 Å². The van der Waals surface area contributed by atoms with Crippen LogP contribution in [-0.2, 0) is 9.53 Å². The Kier molecular flexibility index (Phi) is 3.32. The Morgan fingerprint density at radius 1 is 1.64 bits per heavy atom. The van der Waals surface area contributed by atoms with Crippen LogP contribution in [0.25, 0.3) is 0 Å². The van der Waals surface area contributed by atoms with Crippen molar-refractivity contribution in [2.75, 3.05) is 6.61 Å². The molecule has 0 aromatic carbocycles. The number of ether oxygens (including phenoxy) is 1. The molecule has 0 bridgehead atoms. The van der Waals surface area contributed by atoms with Gasteiger partial charge in [-0.15, -0.1) is 0 Å². The van der Waals surface area contributed by atoms with E-state index in [0.717, 1.165) is 19.3 Å². The van der Waals surface area contributed by atoms with Crippen molar-refractivity contribution < 1.29 is 14.6 Å². The second-order valence-electron chi connectivity index (χ2n) is 4.23. The summed E-state index contributed by atoms with van der Waals surface area (Å²) < 4.78 is 5.00. The highest BCUT2D eigenvalue weighted by Gasteiger charge is 2.41. The highest BCUT2D eigenvalue weighted by molar-refractivity contribution is 5.86. The first kappa shape index (κ1) is 11.2. The molecule has 80 valence electrons. The van der Waals surface area contributed by atoms with Gasteiger partial charge in [0, 0.05) is 5.57 Å². The van der Waals surface area contributed by atoms with Crippen LogP contribution in [0.15, 0.2) is 12.2 Å². The molecular weight excluding hydrogens is 180 g/mol. The van der Waals surface area contributed by atoms with Crippen molar-refractivity contribution in [3.63, 3.8) is 0 Å². The largest absolute Gasteiger partial charge is 0.462 e. The monoisotopic (exact) mass is 198 g/mol. The molecule has 1 aliphatic rings. The molecule has 0 unspecified atom stereocenters. The molecule has 1 rings (SSSR count). The van der Waals surface area contributed by atoms with Crippen molar-refractivity contribution in [1.29, 1.82) is 0 Å². The lowest BCUT2D eigenvalue weighted by atomic mass is 9.70. The summed E-state index contributed by atoms with van der Waals surface area (Å²) in [6.07, 6.45) is 2.26. The van der Waals surface area contributed by atoms with Crippen molar-refractivity contribution in [3.8, 4) is 0 Å². The molecule has 0 aliphatic heterocycles. The summed E-state index contributed by atoms with van der Waals surface area (Å²) in [6.45, 7) is 7.51. The molecule has 14 heavy (non-hydrogen) atoms. The molecule has 0 saturated heterocycles. The van der Waals surface area contributed by atoms with E-state index < -0.39 is 5.60 Å². The van der Waals surface area contributed by atoms with E-state index in [1.165, 1.54) is 0 Å². The van der Waals surface area contributed by atoms with E-state index in [9.17, 15) is 9.90 Å². The maximum Gasteiger partial charge on any atom is 0.333 e. The normalized spacial score (nSPS) is 30.6. The van der Waals surface area contributed by atoms with Gasteiger partial charge in [0.2, 0.25) is 0 Å². The fourth-order valence-corrected chi connectivity index (χ4v) is 1.74. The Balaban J connectivity index is 2.18. The van der Waals surface area contributed by atoms with Crippen molar-refractivity contribution in [2.24, 2.45) is 5.92 Å². The molecule has 0 aromatic heterocycles. The van der Waals surface area contributed by atoms with Crippen LogP contribution < -0.4 is 0 Å². The topological polar surface area (TPSA) is 46.5 Å². The van der Waals surface area contributed by atoms with Crippen molar-refractivity contribution in [1.82, 2.24) is 0 Å². The Hall–Kier alpha value is -0.830. The fourth-order valence-electron chi connectivity index (χ4n) is 1.74. The minimum atomic E-state index is -0.500. The van der Waals surface area contributed by atoms with Crippen LogP contribution in [0.4, 0.5) is 0 Å². The van der Waals surface area contributed by atoms with E-state index in [1.54, 1.807) is 6.92 Å². The molecule has 1 aliphatic carbocycles. The van der Waals surface area contributed by atoms with Gasteiger partial charge >= 0.3 is 5.97 Å². The van der Waals surface area contributed by atoms with Crippen LogP contribution in [0.3, 0.4) is 0 Å². The zero-order chi connectivity index (χ0) is 10.8. The van der Waals surface area contributed by atoms with E-state index in [4.69, 9.17) is 4.74 Å². The number of carbonyl (C=O) groups is 1. The summed E-state index contributed by atoms with van der Waals surface area (Å²) in [5.74, 6) is -0.0137. The summed E-state index contributed by atoms with van der Waals surface area (Å²) in [4.78, 5) is 11.0. The quantitative estimate of drug-likeness (QED) is 0.552. The lowest BCUT2D eigenvalue weighted by Gasteiger charge is -2.42. The molecule has 0 amide bonds. The summed E-state index contributed by atoms with van der Waals surface area (Å²) in [6, 6.07) is 0. The SMILES string of the molecule is C=C(C)C(=O)OCC1CC(O)(CC)C1. The van der Waals surface area contributed by atoms with Gasteiger partial charge in [0.15, 0.2) is 0 Å². The van der Waals surface area contributed by atoms with Gasteiger partial charge in [-0.3, -0.25) is 0 Å². The van der Waals surface area contributed by atoms with E-state index in [0.29, 0.717) is 18.1 Å². The maximum absolute atomic E-state index is 11.0. The standard InChI is InChI=1S/C11H18O3/c1-4-11(13)5-9(6-11)7-14-10(12)8(2)3/h9,13H,2,4-7H2,1,3H3. The zero-order valence-corrected chi connectivity index (χ0v) is 8.88. The summed E-state index contributed by atoms with van der Waals surface area (Å²) >= 11 is 0. The highest BCUT2D eigenvalue weighted by atomic mass is 16.5. The van der Waals surface area contributed by atoms with E-state index in [1.807, 2.05) is 6.92 Å². The minimum Gasteiger partial charge on any atom is -0.462 e. The van der Waals surface area contributed by atoms with E-state index >= 15 is 0 Å². The number of aliphatic hydroxyl groups is 1. The van der Waals surface area contributed by atoms with Gasteiger partial charge in [0.05, 0.1) is 12.2 Å². The second-order valence-corrected chi connectivity index (χ2v) is 4.23. The molecular formula is C11H18O3. The van der Waals surface area contributed by atoms with Crippen LogP contribution in [0, 0.1) is 5.92 Å². The van der Waals surface area contributed by atoms with Crippen molar-refractivity contribution in [2.45, 2.75) is 38.7 Å². The van der Waals surface area contributed by atoms with Gasteiger partial charge in [0.1, 0.15) is 0 Å². The first-order chi connectivity index (χ1) is 6.47. The molecule has 3 nitrogen and oxygen atoms in total. The van der Waals surface area contributed by atoms with Crippen LogP contribution in [0.5, 0.6) is 0 Å². The Labute approximate surface area is 84.8 Å². The Morgan fingerprint density at radius 2 is 2.21 bits per heavy atom. The minimum absolute atomic E-state index is 0.322. The number of rotatable bonds is 4. The maximum atomic E-state index is 11.0. The lowest BCUT2D eigenvalue weighted by Crippen LogP contribution is -2.45. The van der Waals surface area contributed by atoms with Gasteiger partial charge in [-0.1, -0.05) is 13.5 Å². The van der Waals surface area contributed by atoms with Crippen LogP contribution in [-0.4, -0.2) is 23.3 Å². The number of hydrogen-bond donors (Lipinski definition) is 1. The number of esters is 1. The van der Waals surface area contributed by atoms with Crippen LogP contribution in [0.1, 0.15) is 33.1 Å². The third kappa shape index (κ3) is 2.58. The summed E-state index contributed by atoms with van der Waals surface area (Å²) in [7, 11) is 0. The molecule has 0 spiro atoms. The average molecular weight is 198 g/mol. The molecule has 0 aromatic rings. The molecule has 1 N–H and O–H groups in total. The fraction of sp³-hybridized carbons (Fsp3) is 0.727. The van der Waals surface area contributed by atoms with Crippen LogP contribution >= 0.6 is 0 Å². The first-order valence-corrected chi connectivity index (χ1v) is 5.02. The zero-order valence-electron chi connectivity index (χ0n) is 8.88. The molecule has 1 fully saturated rings. The van der Waals surface area contributed by atoms with Gasteiger partial charge in [-0.25, -0.2) is 4.79 Å².